The summed E-state index contributed by atoms with van der Waals surface area (Å²) in [5.41, 5.74) is 9.34. The predicted octanol–water partition coefficient (Wildman–Crippen LogP) is 4.35. The maximum Gasteiger partial charge on any atom is 0.290 e. The Morgan fingerprint density at radius 3 is 2.71 bits per heavy atom. The molecule has 2 atom stereocenters. The number of benzene rings is 3. The van der Waals surface area contributed by atoms with Gasteiger partial charge in [-0.1, -0.05) is 59.8 Å². The van der Waals surface area contributed by atoms with Gasteiger partial charge >= 0.3 is 0 Å². The van der Waals surface area contributed by atoms with E-state index in [0.29, 0.717) is 12.2 Å². The molecule has 1 aliphatic heterocycles. The number of H-pyrrole nitrogens is 1. The lowest BCUT2D eigenvalue weighted by Crippen LogP contribution is -2.32. The Balaban J connectivity index is 0.00000113. The number of nitrogens with zero attached hydrogens (tertiary/aromatic N) is 7. The highest BCUT2D eigenvalue weighted by Gasteiger charge is 2.25. The molecular formula is C31H36N8O3. The summed E-state index contributed by atoms with van der Waals surface area (Å²) >= 11 is 0. The Morgan fingerprint density at radius 1 is 1.14 bits per heavy atom. The van der Waals surface area contributed by atoms with Crippen LogP contribution in [0.4, 0.5) is 0 Å². The molecule has 6 rings (SSSR count). The zero-order valence-corrected chi connectivity index (χ0v) is 24.4. The van der Waals surface area contributed by atoms with Crippen molar-refractivity contribution in [2.24, 2.45) is 7.05 Å². The molecule has 218 valence electrons. The molecule has 0 spiro atoms. The number of carboxylic acid groups (broad SMARTS) is 1. The van der Waals surface area contributed by atoms with Gasteiger partial charge in [0, 0.05) is 44.6 Å². The average molecular weight is 569 g/mol. The van der Waals surface area contributed by atoms with Crippen LogP contribution in [0.25, 0.3) is 11.0 Å². The Labute approximate surface area is 244 Å². The first kappa shape index (κ1) is 28.9. The van der Waals surface area contributed by atoms with Gasteiger partial charge < -0.3 is 9.84 Å². The van der Waals surface area contributed by atoms with E-state index in [0.717, 1.165) is 48.4 Å². The highest BCUT2D eigenvalue weighted by atomic mass is 16.5. The van der Waals surface area contributed by atoms with Crippen LogP contribution in [0.5, 0.6) is 5.75 Å². The molecule has 11 heteroatoms. The quantitative estimate of drug-likeness (QED) is 0.275. The first-order chi connectivity index (χ1) is 20.4. The molecule has 0 saturated heterocycles. The van der Waals surface area contributed by atoms with Gasteiger partial charge in [-0.05, 0) is 60.2 Å². The summed E-state index contributed by atoms with van der Waals surface area (Å²) in [7, 11) is 1.92. The van der Waals surface area contributed by atoms with E-state index < -0.39 is 0 Å². The zero-order valence-electron chi connectivity index (χ0n) is 24.4. The minimum Gasteiger partial charge on any atom is -0.489 e. The van der Waals surface area contributed by atoms with Crippen LogP contribution in [0.3, 0.4) is 0 Å². The molecule has 2 N–H and O–H groups in total. The molecular weight excluding hydrogens is 532 g/mol. The van der Waals surface area contributed by atoms with Gasteiger partial charge in [0.15, 0.2) is 5.82 Å². The number of tetrazole rings is 1. The van der Waals surface area contributed by atoms with E-state index in [-0.39, 0.29) is 18.5 Å². The molecule has 0 bridgehead atoms. The highest BCUT2D eigenvalue weighted by molar-refractivity contribution is 5.79. The summed E-state index contributed by atoms with van der Waals surface area (Å²) in [6, 6.07) is 19.6. The Hall–Kier alpha value is -4.64. The van der Waals surface area contributed by atoms with Crippen LogP contribution in [0.1, 0.15) is 58.5 Å². The molecule has 0 saturated carbocycles. The molecule has 11 nitrogen and oxygen atoms in total. The molecule has 0 amide bonds. The lowest BCUT2D eigenvalue weighted by atomic mass is 9.84. The van der Waals surface area contributed by atoms with E-state index in [9.17, 15) is 0 Å². The third kappa shape index (κ3) is 6.15. The number of ether oxygens (including phenoxy) is 1. The third-order valence-electron chi connectivity index (χ3n) is 7.98. The van der Waals surface area contributed by atoms with Crippen molar-refractivity contribution in [3.63, 3.8) is 0 Å². The van der Waals surface area contributed by atoms with Gasteiger partial charge in [0.05, 0.1) is 5.52 Å². The summed E-state index contributed by atoms with van der Waals surface area (Å²) in [5.74, 6) is 1.74. The molecule has 3 heterocycles. The number of nitrogens with one attached hydrogen (secondary N) is 1. The van der Waals surface area contributed by atoms with Crippen LogP contribution in [-0.2, 0) is 31.4 Å². The molecule has 0 aliphatic carbocycles. The van der Waals surface area contributed by atoms with Gasteiger partial charge in [-0.25, -0.2) is 4.68 Å². The van der Waals surface area contributed by atoms with E-state index in [4.69, 9.17) is 14.6 Å². The van der Waals surface area contributed by atoms with Crippen LogP contribution in [-0.4, -0.2) is 64.7 Å². The zero-order chi connectivity index (χ0) is 29.6. The molecule has 5 aromatic rings. The van der Waals surface area contributed by atoms with Crippen LogP contribution in [0.15, 0.2) is 54.6 Å². The second-order valence-corrected chi connectivity index (χ2v) is 10.7. The van der Waals surface area contributed by atoms with Gasteiger partial charge in [0.2, 0.25) is 0 Å². The van der Waals surface area contributed by atoms with Gasteiger partial charge in [-0.2, -0.15) is 5.21 Å². The normalized spacial score (nSPS) is 15.7. The van der Waals surface area contributed by atoms with E-state index in [1.54, 1.807) is 0 Å². The number of carbonyl (C=O) groups is 1. The highest BCUT2D eigenvalue weighted by Crippen LogP contribution is 2.34. The number of hydrogen-bond acceptors (Lipinski definition) is 8. The van der Waals surface area contributed by atoms with Crippen molar-refractivity contribution in [1.29, 1.82) is 0 Å². The number of rotatable bonds is 7. The molecule has 0 radical (unpaired) electrons. The standard InChI is InChI=1S/C30H34N8O.CH2O2/c1-5-24-18-38(16-22-8-6-7-9-28(22)39-24)17-23-14-21(11-10-19(23)2)26(15-29-31-34-35-32-29)25-12-13-27-30(20(25)3)33-36-37(27)4;2-1-3/h6-14,24,26H,5,15-18H2,1-4H3,(H,31,32,34,35);1H,(H,2,3)/t24-,26?;/m1./s1. The van der Waals surface area contributed by atoms with E-state index in [1.165, 1.54) is 27.8 Å². The summed E-state index contributed by atoms with van der Waals surface area (Å²) in [6.45, 7) is 8.88. The monoisotopic (exact) mass is 568 g/mol. The number of hydrogen-bond donors (Lipinski definition) is 2. The van der Waals surface area contributed by atoms with Crippen molar-refractivity contribution >= 4 is 17.5 Å². The summed E-state index contributed by atoms with van der Waals surface area (Å²) < 4.78 is 8.17. The lowest BCUT2D eigenvalue weighted by molar-refractivity contribution is -0.122. The van der Waals surface area contributed by atoms with Gasteiger partial charge in [-0.3, -0.25) is 9.69 Å². The van der Waals surface area contributed by atoms with Crippen LogP contribution in [0, 0.1) is 13.8 Å². The molecule has 0 fully saturated rings. The smallest absolute Gasteiger partial charge is 0.290 e. The van der Waals surface area contributed by atoms with Crippen molar-refractivity contribution in [3.8, 4) is 5.75 Å². The topological polar surface area (TPSA) is 135 Å². The number of para-hydroxylation sites is 1. The molecule has 1 unspecified atom stereocenters. The number of aryl methyl sites for hydroxylation is 3. The predicted molar refractivity (Wildman–Crippen MR) is 158 cm³/mol. The van der Waals surface area contributed by atoms with Crippen molar-refractivity contribution in [2.45, 2.75) is 58.7 Å². The first-order valence-corrected chi connectivity index (χ1v) is 14.1. The fraction of sp³-hybridized carbons (Fsp3) is 0.355. The van der Waals surface area contributed by atoms with E-state index in [2.05, 4.69) is 111 Å². The molecule has 1 aliphatic rings. The maximum absolute atomic E-state index is 8.36. The average Bonchev–Trinajstić information content (AvgIpc) is 3.60. The Morgan fingerprint density at radius 2 is 1.95 bits per heavy atom. The summed E-state index contributed by atoms with van der Waals surface area (Å²) in [5, 5.41) is 30.6. The minimum atomic E-state index is -0.250. The van der Waals surface area contributed by atoms with Crippen LogP contribution >= 0.6 is 0 Å². The first-order valence-electron chi connectivity index (χ1n) is 14.1. The Kier molecular flexibility index (Phi) is 8.87. The van der Waals surface area contributed by atoms with Crippen molar-refractivity contribution in [2.75, 3.05) is 6.54 Å². The fourth-order valence-corrected chi connectivity index (χ4v) is 5.70. The van der Waals surface area contributed by atoms with Crippen LogP contribution < -0.4 is 4.74 Å². The molecule has 3 aromatic carbocycles. The van der Waals surface area contributed by atoms with E-state index >= 15 is 0 Å². The van der Waals surface area contributed by atoms with Gasteiger partial charge in [0.1, 0.15) is 17.4 Å². The number of fused-ring (bicyclic) bond motifs is 2. The minimum absolute atomic E-state index is 0.0462. The fourth-order valence-electron chi connectivity index (χ4n) is 5.70. The third-order valence-corrected chi connectivity index (χ3v) is 7.98. The molecule has 2 aromatic heterocycles. The SMILES string of the molecule is CC[C@@H]1CN(Cc2cc(C(Cc3nn[nH]n3)c3ccc4c(nnn4C)c3C)ccc2C)Cc2ccccc2O1.O=CO. The summed E-state index contributed by atoms with van der Waals surface area (Å²) in [4.78, 5) is 10.9. The van der Waals surface area contributed by atoms with Gasteiger partial charge in [0.25, 0.3) is 6.47 Å². The summed E-state index contributed by atoms with van der Waals surface area (Å²) in [6.07, 6.45) is 1.78. The second kappa shape index (κ2) is 12.9. The maximum atomic E-state index is 8.36. The van der Waals surface area contributed by atoms with Crippen LogP contribution in [0.2, 0.25) is 0 Å². The second-order valence-electron chi connectivity index (χ2n) is 10.7. The van der Waals surface area contributed by atoms with Crippen molar-refractivity contribution in [1.82, 2.24) is 40.5 Å². The Bertz CT molecular complexity index is 1650. The van der Waals surface area contributed by atoms with Gasteiger partial charge in [-0.15, -0.1) is 15.3 Å². The molecule has 42 heavy (non-hydrogen) atoms. The number of aromatic amines is 1. The van der Waals surface area contributed by atoms with Crippen molar-refractivity contribution < 1.29 is 14.6 Å². The van der Waals surface area contributed by atoms with Crippen molar-refractivity contribution in [3.05, 3.63) is 93.8 Å². The van der Waals surface area contributed by atoms with E-state index in [1.807, 2.05) is 11.7 Å². The largest absolute Gasteiger partial charge is 0.489 e. The lowest BCUT2D eigenvalue weighted by Gasteiger charge is -2.25. The number of aromatic nitrogens is 7.